The van der Waals surface area contributed by atoms with Crippen LogP contribution in [0.5, 0.6) is 0 Å². The molecule has 0 fully saturated rings. The second-order valence-electron chi connectivity index (χ2n) is 5.31. The molecular formula is C15H23NO2. The molecule has 0 radical (unpaired) electrons. The average molecular weight is 249 g/mol. The molecular weight excluding hydrogens is 226 g/mol. The van der Waals surface area contributed by atoms with E-state index in [0.717, 1.165) is 5.69 Å². The van der Waals surface area contributed by atoms with Crippen LogP contribution < -0.4 is 5.32 Å². The summed E-state index contributed by atoms with van der Waals surface area (Å²) in [4.78, 5) is 10.6. The number of benzene rings is 1. The van der Waals surface area contributed by atoms with E-state index in [9.17, 15) is 4.79 Å². The smallest absolute Gasteiger partial charge is 0.303 e. The van der Waals surface area contributed by atoms with Crippen LogP contribution >= 0.6 is 0 Å². The zero-order valence-electron chi connectivity index (χ0n) is 11.7. The van der Waals surface area contributed by atoms with E-state index < -0.39 is 5.97 Å². The first kappa shape index (κ1) is 14.6. The second kappa shape index (κ2) is 6.43. The highest BCUT2D eigenvalue weighted by Crippen LogP contribution is 2.22. The maximum atomic E-state index is 10.6. The van der Waals surface area contributed by atoms with Crippen molar-refractivity contribution in [3.63, 3.8) is 0 Å². The van der Waals surface area contributed by atoms with Crippen molar-refractivity contribution in [2.75, 3.05) is 11.9 Å². The Kier molecular flexibility index (Phi) is 5.20. The summed E-state index contributed by atoms with van der Waals surface area (Å²) in [5.74, 6) is -0.107. The van der Waals surface area contributed by atoms with E-state index in [-0.39, 0.29) is 12.3 Å². The highest BCUT2D eigenvalue weighted by Gasteiger charge is 2.09. The number of aliphatic carboxylic acids is 1. The first-order valence-electron chi connectivity index (χ1n) is 6.46. The Morgan fingerprint density at radius 1 is 1.33 bits per heavy atom. The lowest BCUT2D eigenvalue weighted by atomic mass is 10.0. The quantitative estimate of drug-likeness (QED) is 0.809. The van der Waals surface area contributed by atoms with Crippen molar-refractivity contribution in [1.82, 2.24) is 0 Å². The van der Waals surface area contributed by atoms with Gasteiger partial charge in [-0.3, -0.25) is 4.79 Å². The van der Waals surface area contributed by atoms with Crippen molar-refractivity contribution >= 4 is 11.7 Å². The fourth-order valence-corrected chi connectivity index (χ4v) is 1.84. The van der Waals surface area contributed by atoms with Gasteiger partial charge in [0.1, 0.15) is 0 Å². The van der Waals surface area contributed by atoms with Crippen LogP contribution in [0.25, 0.3) is 0 Å². The maximum Gasteiger partial charge on any atom is 0.303 e. The molecule has 1 unspecified atom stereocenters. The van der Waals surface area contributed by atoms with Gasteiger partial charge >= 0.3 is 5.97 Å². The molecule has 18 heavy (non-hydrogen) atoms. The van der Waals surface area contributed by atoms with Crippen molar-refractivity contribution in [3.8, 4) is 0 Å². The van der Waals surface area contributed by atoms with Gasteiger partial charge in [-0.15, -0.1) is 0 Å². The molecule has 0 bridgehead atoms. The van der Waals surface area contributed by atoms with Gasteiger partial charge in [-0.1, -0.05) is 32.9 Å². The minimum atomic E-state index is -0.739. The number of carboxylic acid groups (broad SMARTS) is 1. The Hall–Kier alpha value is -1.51. The Bertz CT molecular complexity index is 413. The van der Waals surface area contributed by atoms with Crippen LogP contribution in [-0.4, -0.2) is 17.6 Å². The molecule has 3 heteroatoms. The first-order valence-corrected chi connectivity index (χ1v) is 6.46. The summed E-state index contributed by atoms with van der Waals surface area (Å²) in [5.41, 5.74) is 3.61. The van der Waals surface area contributed by atoms with Gasteiger partial charge in [0.15, 0.2) is 0 Å². The van der Waals surface area contributed by atoms with Crippen LogP contribution in [0.15, 0.2) is 18.2 Å². The number of anilines is 1. The van der Waals surface area contributed by atoms with Crippen LogP contribution in [0.3, 0.4) is 0 Å². The van der Waals surface area contributed by atoms with E-state index in [1.807, 2.05) is 6.92 Å². The maximum absolute atomic E-state index is 10.6. The minimum Gasteiger partial charge on any atom is -0.481 e. The Labute approximate surface area is 109 Å². The van der Waals surface area contributed by atoms with E-state index in [4.69, 9.17) is 5.11 Å². The van der Waals surface area contributed by atoms with Gasteiger partial charge in [-0.05, 0) is 36.0 Å². The summed E-state index contributed by atoms with van der Waals surface area (Å²) in [5, 5.41) is 12.1. The molecule has 3 nitrogen and oxygen atoms in total. The molecule has 100 valence electrons. The molecule has 0 saturated heterocycles. The Morgan fingerprint density at radius 3 is 2.56 bits per heavy atom. The van der Waals surface area contributed by atoms with Gasteiger partial charge in [0.05, 0.1) is 0 Å². The minimum absolute atomic E-state index is 0.129. The van der Waals surface area contributed by atoms with Gasteiger partial charge in [0.25, 0.3) is 0 Å². The van der Waals surface area contributed by atoms with Crippen LogP contribution in [0.2, 0.25) is 0 Å². The van der Waals surface area contributed by atoms with E-state index in [1.54, 1.807) is 0 Å². The molecule has 0 spiro atoms. The number of carbonyl (C=O) groups is 1. The summed E-state index contributed by atoms with van der Waals surface area (Å²) in [6, 6.07) is 6.42. The van der Waals surface area contributed by atoms with Gasteiger partial charge in [-0.2, -0.15) is 0 Å². The van der Waals surface area contributed by atoms with Crippen LogP contribution in [-0.2, 0) is 4.79 Å². The SMILES string of the molecule is Cc1ccc(C(C)C)cc1NCC(C)CC(=O)O. The number of aryl methyl sites for hydroxylation is 1. The zero-order chi connectivity index (χ0) is 13.7. The fraction of sp³-hybridized carbons (Fsp3) is 0.533. The highest BCUT2D eigenvalue weighted by atomic mass is 16.4. The lowest BCUT2D eigenvalue weighted by Crippen LogP contribution is -2.15. The largest absolute Gasteiger partial charge is 0.481 e. The van der Waals surface area contributed by atoms with E-state index in [2.05, 4.69) is 44.3 Å². The van der Waals surface area contributed by atoms with Gasteiger partial charge in [-0.25, -0.2) is 0 Å². The van der Waals surface area contributed by atoms with Crippen LogP contribution in [0.4, 0.5) is 5.69 Å². The lowest BCUT2D eigenvalue weighted by Gasteiger charge is -2.15. The molecule has 0 aliphatic heterocycles. The number of nitrogens with one attached hydrogen (secondary N) is 1. The van der Waals surface area contributed by atoms with E-state index >= 15 is 0 Å². The Balaban J connectivity index is 2.66. The highest BCUT2D eigenvalue weighted by molar-refractivity contribution is 5.67. The van der Waals surface area contributed by atoms with Crippen LogP contribution in [0, 0.1) is 12.8 Å². The lowest BCUT2D eigenvalue weighted by molar-refractivity contribution is -0.137. The molecule has 0 amide bonds. The molecule has 1 aromatic carbocycles. The van der Waals surface area contributed by atoms with Gasteiger partial charge < -0.3 is 10.4 Å². The van der Waals surface area contributed by atoms with Crippen molar-refractivity contribution < 1.29 is 9.90 Å². The molecule has 1 atom stereocenters. The number of hydrogen-bond acceptors (Lipinski definition) is 2. The molecule has 0 heterocycles. The van der Waals surface area contributed by atoms with Crippen molar-refractivity contribution in [2.45, 2.75) is 40.0 Å². The summed E-state index contributed by atoms with van der Waals surface area (Å²) >= 11 is 0. The molecule has 0 aromatic heterocycles. The molecule has 0 aliphatic carbocycles. The number of carboxylic acids is 1. The summed E-state index contributed by atoms with van der Waals surface area (Å²) < 4.78 is 0. The fourth-order valence-electron chi connectivity index (χ4n) is 1.84. The predicted octanol–water partition coefficient (Wildman–Crippen LogP) is 3.64. The van der Waals surface area contributed by atoms with E-state index in [0.29, 0.717) is 12.5 Å². The third-order valence-electron chi connectivity index (χ3n) is 3.09. The predicted molar refractivity (Wildman–Crippen MR) is 75.2 cm³/mol. The summed E-state index contributed by atoms with van der Waals surface area (Å²) in [6.45, 7) is 9.04. The number of rotatable bonds is 6. The molecule has 1 aromatic rings. The zero-order valence-corrected chi connectivity index (χ0v) is 11.7. The van der Waals surface area contributed by atoms with Gasteiger partial charge in [0, 0.05) is 18.7 Å². The van der Waals surface area contributed by atoms with E-state index in [1.165, 1.54) is 11.1 Å². The average Bonchev–Trinajstić information content (AvgIpc) is 2.26. The standard InChI is InChI=1S/C15H23NO2/c1-10(2)13-6-5-12(4)14(8-13)16-9-11(3)7-15(17)18/h5-6,8,10-11,16H,7,9H2,1-4H3,(H,17,18). The van der Waals surface area contributed by atoms with Crippen molar-refractivity contribution in [3.05, 3.63) is 29.3 Å². The summed E-state index contributed by atoms with van der Waals surface area (Å²) in [7, 11) is 0. The van der Waals surface area contributed by atoms with Crippen molar-refractivity contribution in [1.29, 1.82) is 0 Å². The number of hydrogen-bond donors (Lipinski definition) is 2. The first-order chi connectivity index (χ1) is 8.40. The molecule has 0 saturated carbocycles. The molecule has 2 N–H and O–H groups in total. The second-order valence-corrected chi connectivity index (χ2v) is 5.31. The monoisotopic (exact) mass is 249 g/mol. The van der Waals surface area contributed by atoms with Crippen LogP contribution in [0.1, 0.15) is 44.2 Å². The molecule has 1 rings (SSSR count). The summed E-state index contributed by atoms with van der Waals surface area (Å²) in [6.07, 6.45) is 0.204. The van der Waals surface area contributed by atoms with Gasteiger partial charge in [0.2, 0.25) is 0 Å². The van der Waals surface area contributed by atoms with Crippen molar-refractivity contribution in [2.24, 2.45) is 5.92 Å². The third-order valence-corrected chi connectivity index (χ3v) is 3.09. The third kappa shape index (κ3) is 4.40. The normalized spacial score (nSPS) is 12.5. The molecule has 0 aliphatic rings. The Morgan fingerprint density at radius 2 is 2.00 bits per heavy atom. The topological polar surface area (TPSA) is 49.3 Å².